The quantitative estimate of drug-likeness (QED) is 0.189. The molecule has 44 heavy (non-hydrogen) atoms. The number of rotatable bonds is 14. The van der Waals surface area contributed by atoms with E-state index in [1.165, 1.54) is 12.8 Å². The molecular weight excluding hydrogens is 574 g/mol. The highest BCUT2D eigenvalue weighted by atomic mass is 35.5. The van der Waals surface area contributed by atoms with Crippen LogP contribution in [0.2, 0.25) is 0 Å². The number of ketones is 1. The molecular formula is C35H46ClN5O3. The highest BCUT2D eigenvalue weighted by molar-refractivity contribution is 5.85. The fourth-order valence-corrected chi connectivity index (χ4v) is 6.60. The number of carbonyl (C=O) groups excluding carboxylic acids is 2. The number of aromatic nitrogens is 3. The van der Waals surface area contributed by atoms with E-state index in [4.69, 9.17) is 4.42 Å². The summed E-state index contributed by atoms with van der Waals surface area (Å²) in [6.45, 7) is 7.37. The van der Waals surface area contributed by atoms with Crippen molar-refractivity contribution >= 4 is 24.1 Å². The maximum atomic E-state index is 13.5. The molecule has 2 atom stereocenters. The number of nitrogens with zero attached hydrogens (tertiary/aromatic N) is 4. The third-order valence-electron chi connectivity index (χ3n) is 9.92. The van der Waals surface area contributed by atoms with Crippen molar-refractivity contribution in [1.82, 2.24) is 25.2 Å². The van der Waals surface area contributed by atoms with E-state index in [1.807, 2.05) is 43.6 Å². The minimum absolute atomic E-state index is 0. The number of amides is 1. The van der Waals surface area contributed by atoms with E-state index in [9.17, 15) is 9.59 Å². The monoisotopic (exact) mass is 619 g/mol. The third-order valence-corrected chi connectivity index (χ3v) is 9.92. The summed E-state index contributed by atoms with van der Waals surface area (Å²) in [7, 11) is 0. The molecule has 2 saturated carbocycles. The predicted octanol–water partition coefficient (Wildman–Crippen LogP) is 7.31. The topological polar surface area (TPSA) is 101 Å². The second kappa shape index (κ2) is 14.3. The Morgan fingerprint density at radius 2 is 1.73 bits per heavy atom. The normalized spacial score (nSPS) is 19.7. The first-order valence-electron chi connectivity index (χ1n) is 16.4. The zero-order valence-corrected chi connectivity index (χ0v) is 26.9. The number of piperidine rings is 1. The van der Waals surface area contributed by atoms with E-state index in [0.29, 0.717) is 36.2 Å². The highest BCUT2D eigenvalue weighted by Gasteiger charge is 2.58. The Morgan fingerprint density at radius 1 is 0.977 bits per heavy atom. The lowest BCUT2D eigenvalue weighted by Crippen LogP contribution is -2.37. The Balaban J connectivity index is 0.00000384. The zero-order chi connectivity index (χ0) is 29.8. The number of oxazole rings is 1. The fraction of sp³-hybridized carbons (Fsp3) is 0.571. The summed E-state index contributed by atoms with van der Waals surface area (Å²) in [6.07, 6.45) is 15.8. The number of benzene rings is 1. The average molecular weight is 620 g/mol. The number of hydrogen-bond donors (Lipinski definition) is 1. The SMILES string of the molecule is CCC(=O)CCCCC[C@H](NC(=O)[C@H]1CC12CCN(CC)CC2)c1ncc(-c2ccc(-c3cnc(C4CC4)cn3)cc2)o1.Cl. The van der Waals surface area contributed by atoms with Crippen LogP contribution in [0, 0.1) is 11.3 Å². The largest absolute Gasteiger partial charge is 0.438 e. The summed E-state index contributed by atoms with van der Waals surface area (Å²) in [6, 6.07) is 7.82. The van der Waals surface area contributed by atoms with Crippen LogP contribution in [-0.4, -0.2) is 51.2 Å². The molecule has 6 rings (SSSR count). The molecule has 1 saturated heterocycles. The molecule has 1 spiro atoms. The molecule has 1 aliphatic heterocycles. The van der Waals surface area contributed by atoms with Crippen molar-refractivity contribution in [1.29, 1.82) is 0 Å². The van der Waals surface area contributed by atoms with E-state index in [0.717, 1.165) is 87.1 Å². The number of carbonyl (C=O) groups is 2. The number of Topliss-reactive ketones (excluding diaryl/α,β-unsaturated/α-hetero) is 1. The first kappa shape index (κ1) is 32.3. The van der Waals surface area contributed by atoms with Crippen LogP contribution in [0.4, 0.5) is 0 Å². The van der Waals surface area contributed by atoms with Gasteiger partial charge in [-0.25, -0.2) is 4.98 Å². The molecule has 3 fully saturated rings. The van der Waals surface area contributed by atoms with E-state index < -0.39 is 0 Å². The van der Waals surface area contributed by atoms with Gasteiger partial charge in [-0.2, -0.15) is 0 Å². The van der Waals surface area contributed by atoms with Crippen molar-refractivity contribution < 1.29 is 14.0 Å². The average Bonchev–Trinajstić information content (AvgIpc) is 3.97. The Bertz CT molecular complexity index is 1390. The van der Waals surface area contributed by atoms with Crippen molar-refractivity contribution in [2.24, 2.45) is 11.3 Å². The fourth-order valence-electron chi connectivity index (χ4n) is 6.60. The number of halogens is 1. The van der Waals surface area contributed by atoms with Crippen molar-refractivity contribution in [2.75, 3.05) is 19.6 Å². The molecule has 1 amide bonds. The van der Waals surface area contributed by atoms with Gasteiger partial charge < -0.3 is 14.6 Å². The van der Waals surface area contributed by atoms with Crippen LogP contribution in [0.5, 0.6) is 0 Å². The summed E-state index contributed by atoms with van der Waals surface area (Å²) in [5.74, 6) is 2.35. The van der Waals surface area contributed by atoms with Crippen LogP contribution in [0.25, 0.3) is 22.6 Å². The number of likely N-dealkylation sites (tertiary alicyclic amines) is 1. The maximum Gasteiger partial charge on any atom is 0.224 e. The van der Waals surface area contributed by atoms with Gasteiger partial charge in [0.1, 0.15) is 11.8 Å². The van der Waals surface area contributed by atoms with Crippen molar-refractivity contribution in [3.05, 3.63) is 54.4 Å². The van der Waals surface area contributed by atoms with Crippen LogP contribution in [0.15, 0.2) is 47.3 Å². The molecule has 236 valence electrons. The van der Waals surface area contributed by atoms with E-state index in [1.54, 1.807) is 6.20 Å². The van der Waals surface area contributed by atoms with Gasteiger partial charge in [-0.15, -0.1) is 12.4 Å². The molecule has 3 heterocycles. The smallest absolute Gasteiger partial charge is 0.224 e. The van der Waals surface area contributed by atoms with Gasteiger partial charge in [0.05, 0.1) is 23.8 Å². The Labute approximate surface area is 267 Å². The van der Waals surface area contributed by atoms with Gasteiger partial charge in [0, 0.05) is 42.0 Å². The second-order valence-corrected chi connectivity index (χ2v) is 12.8. The van der Waals surface area contributed by atoms with E-state index in [-0.39, 0.29) is 35.7 Å². The summed E-state index contributed by atoms with van der Waals surface area (Å²) in [5.41, 5.74) is 4.05. The molecule has 2 aliphatic carbocycles. The van der Waals surface area contributed by atoms with Gasteiger partial charge >= 0.3 is 0 Å². The lowest BCUT2D eigenvalue weighted by molar-refractivity contribution is -0.124. The summed E-state index contributed by atoms with van der Waals surface area (Å²) < 4.78 is 6.29. The lowest BCUT2D eigenvalue weighted by Gasteiger charge is -2.32. The van der Waals surface area contributed by atoms with Gasteiger partial charge in [0.25, 0.3) is 0 Å². The number of nitrogens with one attached hydrogen (secondary N) is 1. The number of unbranched alkanes of at least 4 members (excludes halogenated alkanes) is 2. The van der Waals surface area contributed by atoms with Crippen molar-refractivity contribution in [3.63, 3.8) is 0 Å². The standard InChI is InChI=1S/C35H45N5O3.ClH/c1-3-27(41)8-6-5-7-9-29(39-33(42)28-20-35(28)16-18-40(4-2)19-17-35)34-38-23-32(43-34)26-14-12-25(13-15-26)31-22-36-30(21-37-31)24-10-11-24;/h12-15,21-24,28-29H,3-11,16-20H2,1-2H3,(H,39,42);1H/t28-,29+;/m1./s1. The van der Waals surface area contributed by atoms with Gasteiger partial charge in [-0.1, -0.05) is 51.0 Å². The van der Waals surface area contributed by atoms with E-state index >= 15 is 0 Å². The Kier molecular flexibility index (Phi) is 10.5. The van der Waals surface area contributed by atoms with Crippen LogP contribution < -0.4 is 5.32 Å². The van der Waals surface area contributed by atoms with Crippen molar-refractivity contribution in [2.45, 2.75) is 96.4 Å². The molecule has 9 heteroatoms. The lowest BCUT2D eigenvalue weighted by atomic mass is 9.90. The first-order valence-corrected chi connectivity index (χ1v) is 16.4. The molecule has 1 aromatic carbocycles. The van der Waals surface area contributed by atoms with Gasteiger partial charge in [-0.05, 0) is 70.0 Å². The summed E-state index contributed by atoms with van der Waals surface area (Å²) in [4.78, 5) is 41.6. The zero-order valence-electron chi connectivity index (χ0n) is 26.1. The molecule has 0 radical (unpaired) electrons. The third kappa shape index (κ3) is 7.57. The Hall–Kier alpha value is -3.10. The second-order valence-electron chi connectivity index (χ2n) is 12.8. The van der Waals surface area contributed by atoms with Crippen LogP contribution in [-0.2, 0) is 9.59 Å². The molecule has 0 unspecified atom stereocenters. The number of hydrogen-bond acceptors (Lipinski definition) is 7. The van der Waals surface area contributed by atoms with E-state index in [2.05, 4.69) is 32.1 Å². The molecule has 3 aromatic rings. The molecule has 2 aromatic heterocycles. The van der Waals surface area contributed by atoms with Crippen LogP contribution in [0.1, 0.15) is 108 Å². The minimum atomic E-state index is -0.281. The summed E-state index contributed by atoms with van der Waals surface area (Å²) in [5, 5.41) is 3.32. The van der Waals surface area contributed by atoms with Gasteiger partial charge in [0.2, 0.25) is 11.8 Å². The molecule has 1 N–H and O–H groups in total. The highest BCUT2D eigenvalue weighted by Crippen LogP contribution is 2.59. The van der Waals surface area contributed by atoms with Gasteiger partial charge in [0.15, 0.2) is 5.76 Å². The maximum absolute atomic E-state index is 13.5. The van der Waals surface area contributed by atoms with Crippen LogP contribution >= 0.6 is 12.4 Å². The summed E-state index contributed by atoms with van der Waals surface area (Å²) >= 11 is 0. The molecule has 8 nitrogen and oxygen atoms in total. The van der Waals surface area contributed by atoms with Crippen LogP contribution in [0.3, 0.4) is 0 Å². The predicted molar refractivity (Wildman–Crippen MR) is 173 cm³/mol. The van der Waals surface area contributed by atoms with Gasteiger partial charge in [-0.3, -0.25) is 19.6 Å². The minimum Gasteiger partial charge on any atom is -0.438 e. The Morgan fingerprint density at radius 3 is 2.39 bits per heavy atom. The first-order chi connectivity index (χ1) is 21.0. The molecule has 3 aliphatic rings. The molecule has 0 bridgehead atoms. The van der Waals surface area contributed by atoms with Crippen molar-refractivity contribution in [3.8, 4) is 22.6 Å².